The molecule has 94 valence electrons. The number of rotatable bonds is 4. The van der Waals surface area contributed by atoms with Crippen LogP contribution in [-0.2, 0) is 6.54 Å². The largest absolute Gasteiger partial charge is 0.494 e. The summed E-state index contributed by atoms with van der Waals surface area (Å²) in [5, 5.41) is 8.89. The molecule has 18 heavy (non-hydrogen) atoms. The predicted octanol–water partition coefficient (Wildman–Crippen LogP) is 0.882. The predicted molar refractivity (Wildman–Crippen MR) is 60.5 cm³/mol. The van der Waals surface area contributed by atoms with Crippen molar-refractivity contribution in [1.29, 1.82) is 0 Å². The molecule has 0 aliphatic rings. The van der Waals surface area contributed by atoms with Crippen molar-refractivity contribution < 1.29 is 13.9 Å². The van der Waals surface area contributed by atoms with Crippen LogP contribution in [0.5, 0.6) is 5.75 Å². The quantitative estimate of drug-likeness (QED) is 0.844. The number of H-pyrrole nitrogens is 1. The van der Waals surface area contributed by atoms with Gasteiger partial charge in [-0.1, -0.05) is 0 Å². The molecule has 0 bridgehead atoms. The maximum Gasteiger partial charge on any atom is 0.251 e. The molecular weight excluding hydrogens is 239 g/mol. The molecule has 0 unspecified atom stereocenters. The van der Waals surface area contributed by atoms with Crippen molar-refractivity contribution in [3.63, 3.8) is 0 Å². The number of nitrogens with zero attached hydrogens (tertiary/aromatic N) is 2. The third-order valence-corrected chi connectivity index (χ3v) is 2.29. The second-order valence-corrected chi connectivity index (χ2v) is 3.46. The molecule has 0 saturated carbocycles. The Hall–Kier alpha value is -2.44. The monoisotopic (exact) mass is 250 g/mol. The number of hydrogen-bond acceptors (Lipinski definition) is 4. The number of carbonyl (C=O) groups is 1. The number of ether oxygens (including phenoxy) is 1. The highest BCUT2D eigenvalue weighted by Crippen LogP contribution is 2.18. The summed E-state index contributed by atoms with van der Waals surface area (Å²) in [4.78, 5) is 15.6. The van der Waals surface area contributed by atoms with Crippen molar-refractivity contribution in [3.05, 3.63) is 41.7 Å². The van der Waals surface area contributed by atoms with Gasteiger partial charge in [-0.3, -0.25) is 9.89 Å². The number of nitrogens with one attached hydrogen (secondary N) is 2. The van der Waals surface area contributed by atoms with Gasteiger partial charge in [-0.25, -0.2) is 9.37 Å². The first-order valence-electron chi connectivity index (χ1n) is 5.16. The zero-order valence-corrected chi connectivity index (χ0v) is 9.61. The van der Waals surface area contributed by atoms with Gasteiger partial charge in [0.05, 0.1) is 13.7 Å². The molecule has 0 fully saturated rings. The second kappa shape index (κ2) is 5.26. The average molecular weight is 250 g/mol. The lowest BCUT2D eigenvalue weighted by Crippen LogP contribution is -2.23. The number of hydrogen-bond donors (Lipinski definition) is 2. The van der Waals surface area contributed by atoms with Crippen LogP contribution in [-0.4, -0.2) is 28.2 Å². The van der Waals surface area contributed by atoms with E-state index in [0.717, 1.165) is 0 Å². The van der Waals surface area contributed by atoms with Gasteiger partial charge in [0, 0.05) is 5.56 Å². The van der Waals surface area contributed by atoms with Crippen LogP contribution in [0.1, 0.15) is 16.2 Å². The molecule has 2 rings (SSSR count). The molecule has 2 aromatic rings. The van der Waals surface area contributed by atoms with E-state index in [1.165, 1.54) is 31.6 Å². The molecule has 1 aromatic heterocycles. The Morgan fingerprint density at radius 3 is 3.06 bits per heavy atom. The molecule has 1 amide bonds. The normalized spacial score (nSPS) is 10.1. The maximum absolute atomic E-state index is 13.2. The fraction of sp³-hybridized carbons (Fsp3) is 0.182. The summed E-state index contributed by atoms with van der Waals surface area (Å²) in [5.74, 6) is -0.284. The van der Waals surface area contributed by atoms with Crippen LogP contribution in [0.4, 0.5) is 4.39 Å². The molecule has 6 nitrogen and oxygen atoms in total. The van der Waals surface area contributed by atoms with Crippen LogP contribution in [0.3, 0.4) is 0 Å². The average Bonchev–Trinajstić information content (AvgIpc) is 2.89. The van der Waals surface area contributed by atoms with E-state index in [9.17, 15) is 9.18 Å². The summed E-state index contributed by atoms with van der Waals surface area (Å²) in [7, 11) is 1.34. The molecule has 1 heterocycles. The van der Waals surface area contributed by atoms with E-state index in [4.69, 9.17) is 4.74 Å². The Morgan fingerprint density at radius 2 is 2.39 bits per heavy atom. The number of aromatic nitrogens is 3. The van der Waals surface area contributed by atoms with Crippen LogP contribution in [0.25, 0.3) is 0 Å². The summed E-state index contributed by atoms with van der Waals surface area (Å²) in [6.45, 7) is 0.221. The summed E-state index contributed by atoms with van der Waals surface area (Å²) in [6, 6.07) is 3.90. The standard InChI is InChI=1S/C11H11FN4O2/c1-18-9-4-7(2-3-8(9)12)11(17)13-5-10-14-6-15-16-10/h2-4,6H,5H2,1H3,(H,13,17)(H,14,15,16). The van der Waals surface area contributed by atoms with E-state index in [0.29, 0.717) is 11.4 Å². The van der Waals surface area contributed by atoms with Crippen LogP contribution >= 0.6 is 0 Å². The van der Waals surface area contributed by atoms with Crippen molar-refractivity contribution >= 4 is 5.91 Å². The minimum atomic E-state index is -0.510. The number of amides is 1. The molecule has 0 aliphatic heterocycles. The Kier molecular flexibility index (Phi) is 3.52. The van der Waals surface area contributed by atoms with Crippen LogP contribution in [0.2, 0.25) is 0 Å². The fourth-order valence-electron chi connectivity index (χ4n) is 1.38. The summed E-state index contributed by atoms with van der Waals surface area (Å²) in [5.41, 5.74) is 0.313. The first kappa shape index (κ1) is 12.0. The molecule has 1 aromatic carbocycles. The molecule has 0 saturated heterocycles. The van der Waals surface area contributed by atoms with Gasteiger partial charge in [-0.05, 0) is 18.2 Å². The van der Waals surface area contributed by atoms with E-state index in [1.54, 1.807) is 0 Å². The third kappa shape index (κ3) is 2.62. The lowest BCUT2D eigenvalue weighted by Gasteiger charge is -2.06. The van der Waals surface area contributed by atoms with Gasteiger partial charge >= 0.3 is 0 Å². The molecule has 2 N–H and O–H groups in total. The second-order valence-electron chi connectivity index (χ2n) is 3.46. The number of halogens is 1. The van der Waals surface area contributed by atoms with Gasteiger partial charge < -0.3 is 10.1 Å². The minimum Gasteiger partial charge on any atom is -0.494 e. The van der Waals surface area contributed by atoms with E-state index >= 15 is 0 Å². The zero-order valence-electron chi connectivity index (χ0n) is 9.61. The molecule has 0 radical (unpaired) electrons. The van der Waals surface area contributed by atoms with E-state index in [1.807, 2.05) is 0 Å². The summed E-state index contributed by atoms with van der Waals surface area (Å²) >= 11 is 0. The van der Waals surface area contributed by atoms with E-state index in [-0.39, 0.29) is 18.2 Å². The van der Waals surface area contributed by atoms with Gasteiger partial charge in [-0.2, -0.15) is 5.10 Å². The van der Waals surface area contributed by atoms with Gasteiger partial charge in [-0.15, -0.1) is 0 Å². The lowest BCUT2D eigenvalue weighted by atomic mass is 10.2. The molecule has 0 spiro atoms. The van der Waals surface area contributed by atoms with Crippen molar-refractivity contribution in [3.8, 4) is 5.75 Å². The Morgan fingerprint density at radius 1 is 1.56 bits per heavy atom. The highest BCUT2D eigenvalue weighted by atomic mass is 19.1. The van der Waals surface area contributed by atoms with Crippen molar-refractivity contribution in [2.45, 2.75) is 6.54 Å². The molecule has 0 atom stereocenters. The third-order valence-electron chi connectivity index (χ3n) is 2.29. The number of benzene rings is 1. The number of aromatic amines is 1. The van der Waals surface area contributed by atoms with Crippen LogP contribution in [0, 0.1) is 5.82 Å². The minimum absolute atomic E-state index is 0.0299. The van der Waals surface area contributed by atoms with Gasteiger partial charge in [0.15, 0.2) is 11.6 Å². The fourth-order valence-corrected chi connectivity index (χ4v) is 1.38. The van der Waals surface area contributed by atoms with Crippen molar-refractivity contribution in [1.82, 2.24) is 20.5 Å². The Bertz CT molecular complexity index is 542. The highest BCUT2D eigenvalue weighted by Gasteiger charge is 2.10. The van der Waals surface area contributed by atoms with Gasteiger partial charge in [0.25, 0.3) is 5.91 Å². The maximum atomic E-state index is 13.2. The van der Waals surface area contributed by atoms with Gasteiger partial charge in [0.1, 0.15) is 12.2 Å². The molecular formula is C11H11FN4O2. The van der Waals surface area contributed by atoms with E-state index in [2.05, 4.69) is 20.5 Å². The van der Waals surface area contributed by atoms with Crippen LogP contribution < -0.4 is 10.1 Å². The van der Waals surface area contributed by atoms with Crippen LogP contribution in [0.15, 0.2) is 24.5 Å². The Balaban J connectivity index is 2.04. The lowest BCUT2D eigenvalue weighted by molar-refractivity contribution is 0.0949. The molecule has 7 heteroatoms. The number of carbonyl (C=O) groups excluding carboxylic acids is 1. The highest BCUT2D eigenvalue weighted by molar-refractivity contribution is 5.94. The number of methoxy groups -OCH3 is 1. The first-order chi connectivity index (χ1) is 8.70. The smallest absolute Gasteiger partial charge is 0.251 e. The topological polar surface area (TPSA) is 79.9 Å². The Labute approximate surface area is 102 Å². The first-order valence-corrected chi connectivity index (χ1v) is 5.16. The summed E-state index contributed by atoms with van der Waals surface area (Å²) in [6.07, 6.45) is 1.35. The van der Waals surface area contributed by atoms with Gasteiger partial charge in [0.2, 0.25) is 0 Å². The van der Waals surface area contributed by atoms with E-state index < -0.39 is 5.82 Å². The summed E-state index contributed by atoms with van der Waals surface area (Å²) < 4.78 is 18.0. The molecule has 0 aliphatic carbocycles. The zero-order chi connectivity index (χ0) is 13.0. The van der Waals surface area contributed by atoms with Crippen molar-refractivity contribution in [2.24, 2.45) is 0 Å². The SMILES string of the molecule is COc1cc(C(=O)NCc2ncn[nH]2)ccc1F. The van der Waals surface area contributed by atoms with Crippen molar-refractivity contribution in [2.75, 3.05) is 7.11 Å².